The quantitative estimate of drug-likeness (QED) is 0.798. The fraction of sp³-hybridized carbons (Fsp3) is 0.625. The second-order valence-corrected chi connectivity index (χ2v) is 6.09. The second-order valence-electron chi connectivity index (χ2n) is 6.09. The number of phenols is 1. The Bertz CT molecular complexity index is 456. The Hall–Kier alpha value is -1.02. The van der Waals surface area contributed by atoms with E-state index >= 15 is 0 Å². The fourth-order valence-corrected chi connectivity index (χ4v) is 4.28. The van der Waals surface area contributed by atoms with Gasteiger partial charge in [-0.15, -0.1) is 0 Å². The number of benzene rings is 1. The average molecular weight is 245 g/mol. The molecule has 98 valence electrons. The highest BCUT2D eigenvalue weighted by Crippen LogP contribution is 2.49. The van der Waals surface area contributed by atoms with E-state index in [1.807, 2.05) is 12.1 Å². The van der Waals surface area contributed by atoms with Gasteiger partial charge in [-0.1, -0.05) is 25.8 Å². The highest BCUT2D eigenvalue weighted by atomic mass is 16.3. The zero-order valence-electron chi connectivity index (χ0n) is 11.2. The van der Waals surface area contributed by atoms with Gasteiger partial charge in [-0.3, -0.25) is 0 Å². The van der Waals surface area contributed by atoms with Crippen LogP contribution in [0, 0.1) is 5.92 Å². The van der Waals surface area contributed by atoms with Crippen molar-refractivity contribution in [1.82, 2.24) is 0 Å². The molecule has 3 N–H and O–H groups in total. The number of hydrogen-bond donors (Lipinski definition) is 2. The van der Waals surface area contributed by atoms with Crippen molar-refractivity contribution in [1.29, 1.82) is 0 Å². The van der Waals surface area contributed by atoms with Crippen LogP contribution in [-0.2, 0) is 11.8 Å². The van der Waals surface area contributed by atoms with Crippen molar-refractivity contribution in [2.24, 2.45) is 11.7 Å². The third kappa shape index (κ3) is 1.58. The maximum absolute atomic E-state index is 9.81. The average Bonchev–Trinajstić information content (AvgIpc) is 2.48. The van der Waals surface area contributed by atoms with Crippen LogP contribution in [0.5, 0.6) is 5.75 Å². The Kier molecular flexibility index (Phi) is 2.86. The van der Waals surface area contributed by atoms with Crippen molar-refractivity contribution < 1.29 is 5.11 Å². The summed E-state index contributed by atoms with van der Waals surface area (Å²) in [4.78, 5) is 0. The molecule has 2 aliphatic carbocycles. The Morgan fingerprint density at radius 3 is 3.00 bits per heavy atom. The number of aromatic hydroxyl groups is 1. The van der Waals surface area contributed by atoms with Crippen LogP contribution in [0.15, 0.2) is 18.2 Å². The van der Waals surface area contributed by atoms with Gasteiger partial charge in [-0.2, -0.15) is 0 Å². The SMILES string of the molecule is CC[C@@]12CCCCC(Cc3ccc(O)cc31)[C@H]2N. The highest BCUT2D eigenvalue weighted by molar-refractivity contribution is 5.44. The number of hydrogen-bond acceptors (Lipinski definition) is 2. The summed E-state index contributed by atoms with van der Waals surface area (Å²) >= 11 is 0. The molecule has 1 unspecified atom stereocenters. The topological polar surface area (TPSA) is 46.2 Å². The van der Waals surface area contributed by atoms with Gasteiger partial charge in [0.1, 0.15) is 5.75 Å². The first-order valence-corrected chi connectivity index (χ1v) is 7.25. The Morgan fingerprint density at radius 1 is 1.39 bits per heavy atom. The van der Waals surface area contributed by atoms with Gasteiger partial charge in [-0.25, -0.2) is 0 Å². The summed E-state index contributed by atoms with van der Waals surface area (Å²) in [6.45, 7) is 2.25. The van der Waals surface area contributed by atoms with E-state index in [0.717, 1.165) is 12.8 Å². The van der Waals surface area contributed by atoms with Crippen molar-refractivity contribution in [3.8, 4) is 5.75 Å². The van der Waals surface area contributed by atoms with Gasteiger partial charge in [0, 0.05) is 11.5 Å². The van der Waals surface area contributed by atoms with E-state index in [9.17, 15) is 5.11 Å². The molecule has 3 atom stereocenters. The van der Waals surface area contributed by atoms with Crippen molar-refractivity contribution >= 4 is 0 Å². The molecule has 0 aromatic heterocycles. The van der Waals surface area contributed by atoms with Gasteiger partial charge in [0.15, 0.2) is 0 Å². The van der Waals surface area contributed by atoms with Gasteiger partial charge in [0.25, 0.3) is 0 Å². The summed E-state index contributed by atoms with van der Waals surface area (Å²) in [6, 6.07) is 6.17. The van der Waals surface area contributed by atoms with Crippen LogP contribution in [0.3, 0.4) is 0 Å². The van der Waals surface area contributed by atoms with Crippen molar-refractivity contribution in [2.75, 3.05) is 0 Å². The smallest absolute Gasteiger partial charge is 0.115 e. The third-order valence-electron chi connectivity index (χ3n) is 5.34. The van der Waals surface area contributed by atoms with Crippen LogP contribution in [-0.4, -0.2) is 11.1 Å². The Balaban J connectivity index is 2.18. The summed E-state index contributed by atoms with van der Waals surface area (Å²) in [5.41, 5.74) is 9.47. The normalized spacial score (nSPS) is 34.8. The minimum absolute atomic E-state index is 0.105. The van der Waals surface area contributed by atoms with E-state index in [2.05, 4.69) is 13.0 Å². The second kappa shape index (κ2) is 4.27. The monoisotopic (exact) mass is 245 g/mol. The molecule has 2 nitrogen and oxygen atoms in total. The first kappa shape index (κ1) is 12.0. The van der Waals surface area contributed by atoms with Gasteiger partial charge in [0.05, 0.1) is 0 Å². The number of phenolic OH excluding ortho intramolecular Hbond substituents is 1. The number of nitrogens with two attached hydrogens (primary N) is 1. The van der Waals surface area contributed by atoms with Gasteiger partial charge >= 0.3 is 0 Å². The van der Waals surface area contributed by atoms with Crippen LogP contribution in [0.2, 0.25) is 0 Å². The largest absolute Gasteiger partial charge is 0.508 e. The zero-order valence-corrected chi connectivity index (χ0v) is 11.2. The van der Waals surface area contributed by atoms with Crippen molar-refractivity contribution in [3.05, 3.63) is 29.3 Å². The maximum Gasteiger partial charge on any atom is 0.115 e. The van der Waals surface area contributed by atoms with Crippen LogP contribution < -0.4 is 5.73 Å². The van der Waals surface area contributed by atoms with Gasteiger partial charge in [-0.05, 0) is 54.9 Å². The predicted molar refractivity (Wildman–Crippen MR) is 73.7 cm³/mol. The predicted octanol–water partition coefficient (Wildman–Crippen LogP) is 3.11. The van der Waals surface area contributed by atoms with Gasteiger partial charge < -0.3 is 10.8 Å². The first-order chi connectivity index (χ1) is 8.67. The molecule has 1 saturated carbocycles. The molecule has 3 rings (SSSR count). The molecular weight excluding hydrogens is 222 g/mol. The molecular formula is C16H23NO. The first-order valence-electron chi connectivity index (χ1n) is 7.25. The minimum atomic E-state index is 0.105. The van der Waals surface area contributed by atoms with Crippen LogP contribution in [0.4, 0.5) is 0 Å². The molecule has 1 aromatic rings. The van der Waals surface area contributed by atoms with Crippen LogP contribution in [0.1, 0.15) is 50.2 Å². The molecule has 0 spiro atoms. The van der Waals surface area contributed by atoms with E-state index in [1.165, 1.54) is 36.8 Å². The van der Waals surface area contributed by atoms with E-state index in [4.69, 9.17) is 5.73 Å². The highest BCUT2D eigenvalue weighted by Gasteiger charge is 2.46. The van der Waals surface area contributed by atoms with E-state index in [-0.39, 0.29) is 11.5 Å². The van der Waals surface area contributed by atoms with E-state index in [1.54, 1.807) is 0 Å². The van der Waals surface area contributed by atoms with Crippen LogP contribution >= 0.6 is 0 Å². The van der Waals surface area contributed by atoms with Crippen LogP contribution in [0.25, 0.3) is 0 Å². The summed E-state index contributed by atoms with van der Waals surface area (Å²) in [7, 11) is 0. The minimum Gasteiger partial charge on any atom is -0.508 e. The number of fused-ring (bicyclic) bond motifs is 4. The third-order valence-corrected chi connectivity index (χ3v) is 5.34. The number of rotatable bonds is 1. The standard InChI is InChI=1S/C16H23NO/c1-2-16-8-4-3-5-12(15(16)17)9-11-6-7-13(18)10-14(11)16/h6-7,10,12,15,18H,2-5,8-9,17H2,1H3/t12?,15-,16-/m1/s1. The fourth-order valence-electron chi connectivity index (χ4n) is 4.28. The molecule has 0 radical (unpaired) electrons. The molecule has 18 heavy (non-hydrogen) atoms. The molecule has 2 bridgehead atoms. The lowest BCUT2D eigenvalue weighted by atomic mass is 9.61. The molecule has 0 saturated heterocycles. The molecule has 2 aliphatic rings. The molecule has 0 aliphatic heterocycles. The van der Waals surface area contributed by atoms with Crippen molar-refractivity contribution in [2.45, 2.75) is 56.9 Å². The molecule has 0 amide bonds. The molecule has 2 heteroatoms. The summed E-state index contributed by atoms with van der Waals surface area (Å²) in [5.74, 6) is 1.01. The van der Waals surface area contributed by atoms with E-state index in [0.29, 0.717) is 11.7 Å². The summed E-state index contributed by atoms with van der Waals surface area (Å²) < 4.78 is 0. The summed E-state index contributed by atoms with van der Waals surface area (Å²) in [6.07, 6.45) is 7.20. The maximum atomic E-state index is 9.81. The lowest BCUT2D eigenvalue weighted by molar-refractivity contribution is 0.227. The molecule has 0 heterocycles. The van der Waals surface area contributed by atoms with E-state index < -0.39 is 0 Å². The Labute approximate surface area is 109 Å². The zero-order chi connectivity index (χ0) is 12.8. The lowest BCUT2D eigenvalue weighted by Gasteiger charge is -2.46. The lowest BCUT2D eigenvalue weighted by Crippen LogP contribution is -2.52. The molecule has 1 fully saturated rings. The molecule has 1 aromatic carbocycles. The van der Waals surface area contributed by atoms with Gasteiger partial charge in [0.2, 0.25) is 0 Å². The Morgan fingerprint density at radius 2 is 2.22 bits per heavy atom. The summed E-state index contributed by atoms with van der Waals surface area (Å²) in [5, 5.41) is 9.81. The van der Waals surface area contributed by atoms with Crippen molar-refractivity contribution in [3.63, 3.8) is 0 Å².